The Kier molecular flexibility index (Phi) is 10.5. The molecule has 8 heteroatoms. The summed E-state index contributed by atoms with van der Waals surface area (Å²) < 4.78 is 2.18. The van der Waals surface area contributed by atoms with Crippen molar-refractivity contribution in [2.24, 2.45) is 11.8 Å². The molecule has 76 heavy (non-hydrogen) atoms. The van der Waals surface area contributed by atoms with E-state index < -0.39 is 0 Å². The van der Waals surface area contributed by atoms with E-state index in [4.69, 9.17) is 19.9 Å². The van der Waals surface area contributed by atoms with Gasteiger partial charge in [0.1, 0.15) is 11.2 Å². The summed E-state index contributed by atoms with van der Waals surface area (Å²) in [5.74, 6) is 7.95. The van der Waals surface area contributed by atoms with Gasteiger partial charge >= 0.3 is 0 Å². The predicted octanol–water partition coefficient (Wildman–Crippen LogP) is 16.6. The molecule has 10 aliphatic rings. The van der Waals surface area contributed by atoms with Crippen molar-refractivity contribution in [2.75, 3.05) is 0 Å². The van der Waals surface area contributed by atoms with E-state index in [0.717, 1.165) is 51.5 Å². The third-order valence-corrected chi connectivity index (χ3v) is 19.3. The Morgan fingerprint density at radius 2 is 0.974 bits per heavy atom. The second-order valence-electron chi connectivity index (χ2n) is 23.4. The normalized spacial score (nSPS) is 24.2. The van der Waals surface area contributed by atoms with E-state index >= 15 is 0 Å². The zero-order chi connectivity index (χ0) is 49.8. The predicted molar refractivity (Wildman–Crippen MR) is 305 cm³/mol. The van der Waals surface area contributed by atoms with Crippen LogP contribution in [0, 0.1) is 11.8 Å². The van der Waals surface area contributed by atoms with Crippen molar-refractivity contribution in [2.45, 2.75) is 119 Å². The van der Waals surface area contributed by atoms with Crippen LogP contribution in [0.4, 0.5) is 0 Å². The number of fused-ring (bicyclic) bond motifs is 11. The van der Waals surface area contributed by atoms with E-state index in [1.807, 2.05) is 36.4 Å². The van der Waals surface area contributed by atoms with Crippen molar-refractivity contribution in [1.82, 2.24) is 39.7 Å². The number of hydrogen-bond acceptors (Lipinski definition) is 7. The highest BCUT2D eigenvalue weighted by Gasteiger charge is 2.44. The fraction of sp³-hybridized carbons (Fsp3) is 0.309. The zero-order valence-corrected chi connectivity index (χ0v) is 42.9. The van der Waals surface area contributed by atoms with Gasteiger partial charge in [-0.05, 0) is 170 Å². The Labute approximate surface area is 443 Å². The first-order valence-corrected chi connectivity index (χ1v) is 28.5. The maximum atomic E-state index is 5.22. The number of hydrogen-bond donors (Lipinski definition) is 0. The SMILES string of the molecule is c1ccc(-c2nc(-c3ccccc3)nc(-n3c4ccccc4c4c5c(cnc43)C3CC4CC(C3)CC5C4)n2)cc1.c1ccc2c(c1)ccc1c3c(nnc12)C1CCC3CC1.c1ccc2c3c(cnc2c1)C1CCC3CC1. The van der Waals surface area contributed by atoms with Crippen LogP contribution >= 0.6 is 0 Å². The molecule has 21 rings (SSSR count). The van der Waals surface area contributed by atoms with Crippen LogP contribution in [0.5, 0.6) is 0 Å². The molecule has 11 aromatic rings. The Bertz CT molecular complexity index is 3990. The second kappa shape index (κ2) is 18.0. The Morgan fingerprint density at radius 3 is 1.71 bits per heavy atom. The molecule has 2 unspecified atom stereocenters. The number of aromatic nitrogens is 8. The number of rotatable bonds is 3. The molecule has 6 aromatic carbocycles. The number of pyridine rings is 2. The lowest BCUT2D eigenvalue weighted by molar-refractivity contribution is 0.166. The quantitative estimate of drug-likeness (QED) is 0.163. The molecule has 0 N–H and O–H groups in total. The minimum Gasteiger partial charge on any atom is -0.262 e. The molecule has 372 valence electrons. The number of benzene rings is 6. The summed E-state index contributed by atoms with van der Waals surface area (Å²) in [6.07, 6.45) is 21.9. The fourth-order valence-corrected chi connectivity index (χ4v) is 16.1. The molecule has 0 aliphatic heterocycles. The molecule has 5 heterocycles. The highest BCUT2D eigenvalue weighted by atomic mass is 15.2. The van der Waals surface area contributed by atoms with Gasteiger partial charge in [-0.3, -0.25) is 9.55 Å². The molecule has 4 saturated carbocycles. The molecule has 8 bridgehead atoms. The van der Waals surface area contributed by atoms with Crippen LogP contribution in [0.1, 0.15) is 152 Å². The summed E-state index contributed by atoms with van der Waals surface area (Å²) in [4.78, 5) is 24.9. The summed E-state index contributed by atoms with van der Waals surface area (Å²) in [6.45, 7) is 0. The van der Waals surface area contributed by atoms with E-state index in [9.17, 15) is 0 Å². The van der Waals surface area contributed by atoms with Crippen LogP contribution < -0.4 is 0 Å². The first kappa shape index (κ1) is 44.6. The lowest BCUT2D eigenvalue weighted by Gasteiger charge is -2.38. The molecule has 10 aliphatic carbocycles. The van der Waals surface area contributed by atoms with E-state index in [1.54, 1.807) is 16.7 Å². The van der Waals surface area contributed by atoms with Crippen molar-refractivity contribution in [3.8, 4) is 28.7 Å². The standard InChI is InChI=1S/C35H29N5.C18H16N2.C15H15N/c1-3-9-23(10-4-1)32-37-33(24-11-5-2-6-12-24)39-35(38-32)40-29-14-8-7-13-27(29)31-30-26-18-21-15-22(19-26)17-25(16-21)28(30)20-36-34(31)40;1-2-4-14-11(3-1)9-10-15-16-12-5-7-13(8-6-12)17(16)19-20-18(14)15;1-2-4-14-12(3-1)15-11-7-5-10(6-8-11)13(15)9-16-14/h1-14,20-22,25-26H,15-19H2;1-4,9-10,12-13H,5-8H2;1-4,9-11H,5-8H2. The molecule has 0 amide bonds. The topological polar surface area (TPSA) is 95.2 Å². The van der Waals surface area contributed by atoms with Crippen molar-refractivity contribution < 1.29 is 0 Å². The van der Waals surface area contributed by atoms with E-state index in [1.165, 1.54) is 138 Å². The van der Waals surface area contributed by atoms with Crippen molar-refractivity contribution >= 4 is 54.5 Å². The van der Waals surface area contributed by atoms with Gasteiger partial charge in [0.05, 0.1) is 16.7 Å². The molecule has 8 nitrogen and oxygen atoms in total. The fourth-order valence-electron chi connectivity index (χ4n) is 16.1. The van der Waals surface area contributed by atoms with Crippen LogP contribution in [0.2, 0.25) is 0 Å². The summed E-state index contributed by atoms with van der Waals surface area (Å²) >= 11 is 0. The molecule has 0 saturated heterocycles. The van der Waals surface area contributed by atoms with Gasteiger partial charge in [-0.2, -0.15) is 15.1 Å². The molecule has 4 fully saturated rings. The molecule has 0 spiro atoms. The average molecular weight is 989 g/mol. The molecule has 2 atom stereocenters. The van der Waals surface area contributed by atoms with Crippen molar-refractivity contribution in [1.29, 1.82) is 0 Å². The van der Waals surface area contributed by atoms with Gasteiger partial charge in [-0.25, -0.2) is 9.97 Å². The summed E-state index contributed by atoms with van der Waals surface area (Å²) in [5, 5.41) is 17.1. The van der Waals surface area contributed by atoms with Gasteiger partial charge in [-0.1, -0.05) is 133 Å². The summed E-state index contributed by atoms with van der Waals surface area (Å²) in [5.41, 5.74) is 15.4. The first-order valence-electron chi connectivity index (χ1n) is 28.5. The number of para-hydroxylation sites is 2. The van der Waals surface area contributed by atoms with Gasteiger partial charge in [-0.15, -0.1) is 5.10 Å². The highest BCUT2D eigenvalue weighted by molar-refractivity contribution is 6.10. The average Bonchev–Trinajstić information content (AvgIpc) is 3.80. The van der Waals surface area contributed by atoms with Crippen molar-refractivity contribution in [3.05, 3.63) is 191 Å². The van der Waals surface area contributed by atoms with Crippen LogP contribution in [0.25, 0.3) is 83.2 Å². The molecular formula is C68H60N8. The van der Waals surface area contributed by atoms with Gasteiger partial charge < -0.3 is 0 Å². The molecule has 5 aromatic heterocycles. The minimum atomic E-state index is 0.616. The van der Waals surface area contributed by atoms with Crippen LogP contribution in [0.15, 0.2) is 158 Å². The smallest absolute Gasteiger partial charge is 0.240 e. The largest absolute Gasteiger partial charge is 0.262 e. The maximum Gasteiger partial charge on any atom is 0.240 e. The Morgan fingerprint density at radius 1 is 0.395 bits per heavy atom. The summed E-state index contributed by atoms with van der Waals surface area (Å²) in [7, 11) is 0. The maximum absolute atomic E-state index is 5.22. The van der Waals surface area contributed by atoms with E-state index in [2.05, 4.69) is 141 Å². The third-order valence-electron chi connectivity index (χ3n) is 19.3. The summed E-state index contributed by atoms with van der Waals surface area (Å²) in [6, 6.07) is 50.7. The third kappa shape index (κ3) is 7.26. The number of nitrogens with zero attached hydrogens (tertiary/aromatic N) is 8. The van der Waals surface area contributed by atoms with Crippen LogP contribution in [-0.2, 0) is 0 Å². The lowest BCUT2D eigenvalue weighted by Crippen LogP contribution is -2.25. The first-order chi connectivity index (χ1) is 37.6. The minimum absolute atomic E-state index is 0.616. The highest BCUT2D eigenvalue weighted by Crippen LogP contribution is 2.58. The van der Waals surface area contributed by atoms with Crippen LogP contribution in [-0.4, -0.2) is 39.7 Å². The van der Waals surface area contributed by atoms with Crippen molar-refractivity contribution in [3.63, 3.8) is 0 Å². The van der Waals surface area contributed by atoms with Gasteiger partial charge in [0.25, 0.3) is 0 Å². The van der Waals surface area contributed by atoms with Gasteiger partial charge in [0.2, 0.25) is 5.95 Å². The van der Waals surface area contributed by atoms with Crippen LogP contribution in [0.3, 0.4) is 0 Å². The monoisotopic (exact) mass is 988 g/mol. The zero-order valence-electron chi connectivity index (χ0n) is 42.9. The van der Waals surface area contributed by atoms with Gasteiger partial charge in [0.15, 0.2) is 11.6 Å². The Hall–Kier alpha value is -7.71. The van der Waals surface area contributed by atoms with E-state index in [-0.39, 0.29) is 0 Å². The lowest BCUT2D eigenvalue weighted by atomic mass is 9.67. The van der Waals surface area contributed by atoms with Gasteiger partial charge in [0, 0.05) is 56.4 Å². The van der Waals surface area contributed by atoms with E-state index in [0.29, 0.717) is 41.3 Å². The Balaban J connectivity index is 0.000000111. The molecular weight excluding hydrogens is 929 g/mol. The second-order valence-corrected chi connectivity index (χ2v) is 23.4. The molecule has 0 radical (unpaired) electrons.